The molecule has 0 fully saturated rings. The van der Waals surface area contributed by atoms with Crippen LogP contribution in [0.2, 0.25) is 0 Å². The molecule has 10 aromatic rings. The number of oxazole rings is 1. The molecule has 0 spiro atoms. The standard InChI is InChI=1S/C48H30N2O/c1-2-9-34(10-3-1)44-28-38(36-24-25-43-41-14-5-4-12-39(41)40-13-6-7-15-42(40)45(43)27-36)29-46-47(44)50-48(51-46)35-22-20-32(21-23-35)31-16-18-33(19-17-31)37-11-8-26-49-30-37/h1-30H. The van der Waals surface area contributed by atoms with Gasteiger partial charge in [0.25, 0.3) is 0 Å². The fraction of sp³-hybridized carbons (Fsp3) is 0. The molecule has 0 aliphatic heterocycles. The van der Waals surface area contributed by atoms with Gasteiger partial charge in [-0.1, -0.05) is 133 Å². The number of fused-ring (bicyclic) bond motifs is 7. The summed E-state index contributed by atoms with van der Waals surface area (Å²) in [6.07, 6.45) is 3.69. The van der Waals surface area contributed by atoms with E-state index >= 15 is 0 Å². The molecule has 2 aromatic heterocycles. The summed E-state index contributed by atoms with van der Waals surface area (Å²) in [7, 11) is 0. The third-order valence-electron chi connectivity index (χ3n) is 10.0. The minimum absolute atomic E-state index is 0.605. The molecule has 0 N–H and O–H groups in total. The highest BCUT2D eigenvalue weighted by atomic mass is 16.3. The largest absolute Gasteiger partial charge is 0.436 e. The zero-order chi connectivity index (χ0) is 33.7. The van der Waals surface area contributed by atoms with Crippen LogP contribution < -0.4 is 0 Å². The highest BCUT2D eigenvalue weighted by Gasteiger charge is 2.17. The van der Waals surface area contributed by atoms with Crippen LogP contribution in [-0.2, 0) is 0 Å². The van der Waals surface area contributed by atoms with E-state index in [-0.39, 0.29) is 0 Å². The lowest BCUT2D eigenvalue weighted by Gasteiger charge is -2.12. The second-order valence-electron chi connectivity index (χ2n) is 13.0. The lowest BCUT2D eigenvalue weighted by atomic mass is 9.91. The molecular formula is C48H30N2O. The van der Waals surface area contributed by atoms with Crippen molar-refractivity contribution in [3.63, 3.8) is 0 Å². The predicted molar refractivity (Wildman–Crippen MR) is 212 cm³/mol. The number of benzene rings is 8. The Labute approximate surface area is 295 Å². The number of hydrogen-bond acceptors (Lipinski definition) is 3. The molecule has 10 rings (SSSR count). The zero-order valence-electron chi connectivity index (χ0n) is 27.6. The third-order valence-corrected chi connectivity index (χ3v) is 10.0. The van der Waals surface area contributed by atoms with Crippen molar-refractivity contribution in [3.8, 4) is 56.0 Å². The SMILES string of the molecule is c1ccc(-c2cc(-c3ccc4c5ccccc5c5ccccc5c4c3)cc3oc(-c4ccc(-c5ccc(-c6cccnc6)cc5)cc4)nc23)cc1. The van der Waals surface area contributed by atoms with Gasteiger partial charge in [0.05, 0.1) is 0 Å². The van der Waals surface area contributed by atoms with Crippen molar-refractivity contribution in [3.05, 3.63) is 182 Å². The van der Waals surface area contributed by atoms with Crippen molar-refractivity contribution in [2.75, 3.05) is 0 Å². The van der Waals surface area contributed by atoms with Gasteiger partial charge in [0, 0.05) is 23.5 Å². The van der Waals surface area contributed by atoms with Crippen LogP contribution in [0, 0.1) is 0 Å². The second kappa shape index (κ2) is 11.9. The fourth-order valence-electron chi connectivity index (χ4n) is 7.44. The van der Waals surface area contributed by atoms with Gasteiger partial charge >= 0.3 is 0 Å². The predicted octanol–water partition coefficient (Wildman–Crippen LogP) is 13.0. The van der Waals surface area contributed by atoms with Crippen LogP contribution in [0.3, 0.4) is 0 Å². The van der Waals surface area contributed by atoms with Crippen molar-refractivity contribution >= 4 is 43.4 Å². The Morgan fingerprint density at radius 1 is 0.353 bits per heavy atom. The quantitative estimate of drug-likeness (QED) is 0.174. The number of nitrogens with zero attached hydrogens (tertiary/aromatic N) is 2. The highest BCUT2D eigenvalue weighted by Crippen LogP contribution is 2.40. The molecule has 3 nitrogen and oxygen atoms in total. The van der Waals surface area contributed by atoms with Gasteiger partial charge in [-0.05, 0) is 108 Å². The monoisotopic (exact) mass is 650 g/mol. The lowest BCUT2D eigenvalue weighted by Crippen LogP contribution is -1.87. The maximum atomic E-state index is 6.59. The second-order valence-corrected chi connectivity index (χ2v) is 13.0. The number of pyridine rings is 1. The molecule has 0 aliphatic rings. The molecule has 2 heterocycles. The Hall–Kier alpha value is -6.84. The first-order valence-corrected chi connectivity index (χ1v) is 17.2. The van der Waals surface area contributed by atoms with Gasteiger partial charge in [-0.2, -0.15) is 0 Å². The molecule has 0 unspecified atom stereocenters. The Morgan fingerprint density at radius 2 is 0.882 bits per heavy atom. The molecular weight excluding hydrogens is 621 g/mol. The first-order valence-electron chi connectivity index (χ1n) is 17.2. The van der Waals surface area contributed by atoms with Crippen LogP contribution in [0.5, 0.6) is 0 Å². The van der Waals surface area contributed by atoms with E-state index in [1.54, 1.807) is 6.20 Å². The summed E-state index contributed by atoms with van der Waals surface area (Å²) < 4.78 is 6.59. The molecule has 238 valence electrons. The summed E-state index contributed by atoms with van der Waals surface area (Å²) in [5, 5.41) is 7.58. The van der Waals surface area contributed by atoms with Gasteiger partial charge in [-0.3, -0.25) is 4.98 Å². The van der Waals surface area contributed by atoms with Crippen molar-refractivity contribution in [1.29, 1.82) is 0 Å². The third kappa shape index (κ3) is 5.06. The van der Waals surface area contributed by atoms with Crippen LogP contribution >= 0.6 is 0 Å². The maximum absolute atomic E-state index is 6.59. The molecule has 0 radical (unpaired) electrons. The lowest BCUT2D eigenvalue weighted by molar-refractivity contribution is 0.620. The average Bonchev–Trinajstić information content (AvgIpc) is 3.66. The van der Waals surface area contributed by atoms with Crippen molar-refractivity contribution < 1.29 is 4.42 Å². The number of rotatable bonds is 5. The molecule has 0 aliphatic carbocycles. The van der Waals surface area contributed by atoms with E-state index in [1.165, 1.54) is 32.3 Å². The Morgan fingerprint density at radius 3 is 1.51 bits per heavy atom. The van der Waals surface area contributed by atoms with E-state index in [0.717, 1.165) is 61.2 Å². The summed E-state index contributed by atoms with van der Waals surface area (Å²) in [5.41, 5.74) is 11.5. The number of hydrogen-bond donors (Lipinski definition) is 0. The van der Waals surface area contributed by atoms with Crippen LogP contribution in [-0.4, -0.2) is 9.97 Å². The molecule has 0 amide bonds. The molecule has 3 heteroatoms. The van der Waals surface area contributed by atoms with Gasteiger partial charge in [-0.25, -0.2) is 4.98 Å². The van der Waals surface area contributed by atoms with Crippen LogP contribution in [0.25, 0.3) is 99.4 Å². The highest BCUT2D eigenvalue weighted by molar-refractivity contribution is 6.25. The van der Waals surface area contributed by atoms with Crippen LogP contribution in [0.4, 0.5) is 0 Å². The Bertz CT molecular complexity index is 2840. The summed E-state index contributed by atoms with van der Waals surface area (Å²) in [4.78, 5) is 9.35. The minimum Gasteiger partial charge on any atom is -0.436 e. The Balaban J connectivity index is 1.07. The molecule has 0 saturated carbocycles. The summed E-state index contributed by atoms with van der Waals surface area (Å²) in [6.45, 7) is 0. The van der Waals surface area contributed by atoms with E-state index in [4.69, 9.17) is 9.40 Å². The van der Waals surface area contributed by atoms with Gasteiger partial charge in [0.2, 0.25) is 5.89 Å². The smallest absolute Gasteiger partial charge is 0.227 e. The van der Waals surface area contributed by atoms with Crippen LogP contribution in [0.1, 0.15) is 0 Å². The summed E-state index contributed by atoms with van der Waals surface area (Å²) >= 11 is 0. The average molecular weight is 651 g/mol. The van der Waals surface area contributed by atoms with Crippen molar-refractivity contribution in [2.24, 2.45) is 0 Å². The molecule has 0 atom stereocenters. The van der Waals surface area contributed by atoms with Gasteiger partial charge in [-0.15, -0.1) is 0 Å². The van der Waals surface area contributed by atoms with E-state index in [2.05, 4.69) is 163 Å². The summed E-state index contributed by atoms with van der Waals surface area (Å²) in [6, 6.07) is 60.2. The first-order chi connectivity index (χ1) is 25.3. The van der Waals surface area contributed by atoms with Gasteiger partial charge < -0.3 is 4.42 Å². The van der Waals surface area contributed by atoms with Crippen LogP contribution in [0.15, 0.2) is 187 Å². The van der Waals surface area contributed by atoms with Crippen molar-refractivity contribution in [1.82, 2.24) is 9.97 Å². The van der Waals surface area contributed by atoms with Crippen molar-refractivity contribution in [2.45, 2.75) is 0 Å². The molecule has 0 bridgehead atoms. The topological polar surface area (TPSA) is 38.9 Å². The van der Waals surface area contributed by atoms with E-state index in [9.17, 15) is 0 Å². The summed E-state index contributed by atoms with van der Waals surface area (Å²) in [5.74, 6) is 0.605. The first kappa shape index (κ1) is 29.1. The van der Waals surface area contributed by atoms with E-state index < -0.39 is 0 Å². The molecule has 0 saturated heterocycles. The molecule has 8 aromatic carbocycles. The number of aromatic nitrogens is 2. The minimum atomic E-state index is 0.605. The van der Waals surface area contributed by atoms with Gasteiger partial charge in [0.1, 0.15) is 5.52 Å². The van der Waals surface area contributed by atoms with Gasteiger partial charge in [0.15, 0.2) is 5.58 Å². The molecule has 51 heavy (non-hydrogen) atoms. The zero-order valence-corrected chi connectivity index (χ0v) is 27.6. The Kier molecular flexibility index (Phi) is 6.81. The maximum Gasteiger partial charge on any atom is 0.227 e. The van der Waals surface area contributed by atoms with E-state index in [1.807, 2.05) is 18.3 Å². The fourth-order valence-corrected chi connectivity index (χ4v) is 7.44. The normalized spacial score (nSPS) is 11.5. The van der Waals surface area contributed by atoms with E-state index in [0.29, 0.717) is 5.89 Å².